The first kappa shape index (κ1) is 17.3. The van der Waals surface area contributed by atoms with Gasteiger partial charge in [0.25, 0.3) is 0 Å². The molecule has 0 radical (unpaired) electrons. The molecule has 6 nitrogen and oxygen atoms in total. The first-order chi connectivity index (χ1) is 9.09. The van der Waals surface area contributed by atoms with Crippen molar-refractivity contribution in [3.05, 3.63) is 5.82 Å². The number of rotatable bonds is 4. The highest BCUT2D eigenvalue weighted by molar-refractivity contribution is 7.99. The van der Waals surface area contributed by atoms with Gasteiger partial charge in [-0.05, 0) is 19.4 Å². The Bertz CT molecular complexity index is 445. The molecule has 1 fully saturated rings. The molecule has 2 rings (SSSR count). The van der Waals surface area contributed by atoms with E-state index in [0.717, 1.165) is 30.5 Å². The van der Waals surface area contributed by atoms with Crippen LogP contribution in [-0.4, -0.2) is 58.5 Å². The highest BCUT2D eigenvalue weighted by Crippen LogP contribution is 2.24. The molecule has 0 aliphatic carbocycles. The molecule has 0 bridgehead atoms. The van der Waals surface area contributed by atoms with E-state index in [-0.39, 0.29) is 18.3 Å². The number of nitrogens with zero attached hydrogens (tertiary/aromatic N) is 4. The van der Waals surface area contributed by atoms with Crippen molar-refractivity contribution >= 4 is 30.1 Å². The van der Waals surface area contributed by atoms with Crippen molar-refractivity contribution in [2.45, 2.75) is 23.9 Å². The number of carbonyl (C=O) groups is 1. The monoisotopic (exact) mass is 319 g/mol. The van der Waals surface area contributed by atoms with E-state index in [1.54, 1.807) is 19.0 Å². The first-order valence-electron chi connectivity index (χ1n) is 6.52. The third kappa shape index (κ3) is 4.10. The maximum Gasteiger partial charge on any atom is 0.232 e. The summed E-state index contributed by atoms with van der Waals surface area (Å²) in [6.45, 7) is 2.06. The maximum atomic E-state index is 11.6. The molecular weight excluding hydrogens is 298 g/mol. The molecule has 1 N–H and O–H groups in total. The van der Waals surface area contributed by atoms with Crippen LogP contribution in [-0.2, 0) is 11.8 Å². The zero-order valence-corrected chi connectivity index (χ0v) is 13.8. The van der Waals surface area contributed by atoms with E-state index in [0.29, 0.717) is 11.7 Å². The number of thioether (sulfide) groups is 1. The van der Waals surface area contributed by atoms with E-state index in [1.165, 1.54) is 18.2 Å². The third-order valence-electron chi connectivity index (χ3n) is 3.35. The van der Waals surface area contributed by atoms with Gasteiger partial charge >= 0.3 is 0 Å². The van der Waals surface area contributed by atoms with Crippen molar-refractivity contribution in [3.63, 3.8) is 0 Å². The average Bonchev–Trinajstić information content (AvgIpc) is 2.78. The van der Waals surface area contributed by atoms with Crippen LogP contribution in [0, 0.1) is 0 Å². The van der Waals surface area contributed by atoms with Crippen LogP contribution in [0.2, 0.25) is 0 Å². The molecule has 20 heavy (non-hydrogen) atoms. The van der Waals surface area contributed by atoms with Gasteiger partial charge in [-0.3, -0.25) is 4.79 Å². The Kier molecular flexibility index (Phi) is 6.78. The van der Waals surface area contributed by atoms with Crippen LogP contribution in [0.4, 0.5) is 0 Å². The number of hydrogen-bond acceptors (Lipinski definition) is 5. The molecule has 1 aliphatic heterocycles. The fourth-order valence-electron chi connectivity index (χ4n) is 2.13. The van der Waals surface area contributed by atoms with E-state index < -0.39 is 0 Å². The van der Waals surface area contributed by atoms with E-state index >= 15 is 0 Å². The lowest BCUT2D eigenvalue weighted by molar-refractivity contribution is -0.125. The SMILES string of the molecule is CN(C)C(=O)CSc1nnc(C2CCCNC2)n1C.Cl. The number of halogens is 1. The number of carbonyl (C=O) groups excluding carboxylic acids is 1. The second-order valence-corrected chi connectivity index (χ2v) is 5.96. The Morgan fingerprint density at radius 2 is 2.25 bits per heavy atom. The Hall–Kier alpha value is -0.790. The van der Waals surface area contributed by atoms with Crippen molar-refractivity contribution < 1.29 is 4.79 Å². The first-order valence-corrected chi connectivity index (χ1v) is 7.51. The molecule has 1 unspecified atom stereocenters. The molecule has 1 aromatic heterocycles. The van der Waals surface area contributed by atoms with Gasteiger partial charge in [0.1, 0.15) is 5.82 Å². The molecule has 0 spiro atoms. The van der Waals surface area contributed by atoms with Crippen LogP contribution >= 0.6 is 24.2 Å². The predicted octanol–water partition coefficient (Wildman–Crippen LogP) is 0.884. The summed E-state index contributed by atoms with van der Waals surface area (Å²) in [5.74, 6) is 1.95. The minimum Gasteiger partial charge on any atom is -0.348 e. The van der Waals surface area contributed by atoms with Crippen LogP contribution in [0.15, 0.2) is 5.16 Å². The summed E-state index contributed by atoms with van der Waals surface area (Å²) in [6.07, 6.45) is 2.33. The zero-order valence-electron chi connectivity index (χ0n) is 12.1. The Morgan fingerprint density at radius 3 is 2.85 bits per heavy atom. The zero-order chi connectivity index (χ0) is 13.8. The molecule has 1 aliphatic rings. The smallest absolute Gasteiger partial charge is 0.232 e. The molecule has 1 atom stereocenters. The van der Waals surface area contributed by atoms with Gasteiger partial charge in [-0.1, -0.05) is 11.8 Å². The number of nitrogens with one attached hydrogen (secondary N) is 1. The molecule has 1 aromatic rings. The van der Waals surface area contributed by atoms with E-state index in [2.05, 4.69) is 15.5 Å². The topological polar surface area (TPSA) is 63.1 Å². The highest BCUT2D eigenvalue weighted by atomic mass is 35.5. The average molecular weight is 320 g/mol. The van der Waals surface area contributed by atoms with Gasteiger partial charge in [0.15, 0.2) is 5.16 Å². The van der Waals surface area contributed by atoms with Crippen molar-refractivity contribution in [3.8, 4) is 0 Å². The Labute approximate surface area is 130 Å². The summed E-state index contributed by atoms with van der Waals surface area (Å²) in [5.41, 5.74) is 0. The van der Waals surface area contributed by atoms with Crippen molar-refractivity contribution in [1.82, 2.24) is 25.0 Å². The predicted molar refractivity (Wildman–Crippen MR) is 82.5 cm³/mol. The van der Waals surface area contributed by atoms with Crippen LogP contribution in [0.3, 0.4) is 0 Å². The van der Waals surface area contributed by atoms with Crippen LogP contribution in [0.25, 0.3) is 0 Å². The number of hydrogen-bond donors (Lipinski definition) is 1. The van der Waals surface area contributed by atoms with Crippen LogP contribution < -0.4 is 5.32 Å². The van der Waals surface area contributed by atoms with Crippen molar-refractivity contribution in [2.24, 2.45) is 7.05 Å². The van der Waals surface area contributed by atoms with Gasteiger partial charge in [-0.15, -0.1) is 22.6 Å². The van der Waals surface area contributed by atoms with E-state index in [9.17, 15) is 4.79 Å². The third-order valence-corrected chi connectivity index (χ3v) is 4.36. The molecule has 1 saturated heterocycles. The van der Waals surface area contributed by atoms with Crippen molar-refractivity contribution in [1.29, 1.82) is 0 Å². The number of piperidine rings is 1. The summed E-state index contributed by atoms with van der Waals surface area (Å²) in [7, 11) is 5.50. The van der Waals surface area contributed by atoms with Gasteiger partial charge in [-0.2, -0.15) is 0 Å². The summed E-state index contributed by atoms with van der Waals surface area (Å²) in [5, 5.41) is 12.7. The second-order valence-electron chi connectivity index (χ2n) is 5.02. The Morgan fingerprint density at radius 1 is 1.50 bits per heavy atom. The lowest BCUT2D eigenvalue weighted by atomic mass is 9.99. The molecule has 2 heterocycles. The maximum absolute atomic E-state index is 11.6. The molecule has 1 amide bonds. The number of amides is 1. The largest absolute Gasteiger partial charge is 0.348 e. The molecule has 0 saturated carbocycles. The van der Waals surface area contributed by atoms with Gasteiger partial charge in [-0.25, -0.2) is 0 Å². The summed E-state index contributed by atoms with van der Waals surface area (Å²) < 4.78 is 2.02. The summed E-state index contributed by atoms with van der Waals surface area (Å²) in [4.78, 5) is 13.2. The molecular formula is C12H22ClN5OS. The lowest BCUT2D eigenvalue weighted by Gasteiger charge is -2.21. The Balaban J connectivity index is 0.00000200. The standard InChI is InChI=1S/C12H21N5OS.ClH/c1-16(2)10(18)8-19-12-15-14-11(17(12)3)9-5-4-6-13-7-9;/h9,13H,4-8H2,1-3H3;1H. The lowest BCUT2D eigenvalue weighted by Crippen LogP contribution is -2.29. The van der Waals surface area contributed by atoms with E-state index in [1.807, 2.05) is 11.6 Å². The normalized spacial score (nSPS) is 18.4. The minimum absolute atomic E-state index is 0. The minimum atomic E-state index is 0. The van der Waals surface area contributed by atoms with Gasteiger partial charge in [0, 0.05) is 33.6 Å². The molecule has 114 valence electrons. The summed E-state index contributed by atoms with van der Waals surface area (Å²) >= 11 is 1.45. The van der Waals surface area contributed by atoms with Gasteiger partial charge in [0.05, 0.1) is 5.75 Å². The highest BCUT2D eigenvalue weighted by Gasteiger charge is 2.22. The fraction of sp³-hybridized carbons (Fsp3) is 0.750. The quantitative estimate of drug-likeness (QED) is 0.835. The fourth-order valence-corrected chi connectivity index (χ4v) is 3.03. The van der Waals surface area contributed by atoms with Crippen LogP contribution in [0.5, 0.6) is 0 Å². The van der Waals surface area contributed by atoms with Gasteiger partial charge in [0.2, 0.25) is 5.91 Å². The number of aromatic nitrogens is 3. The van der Waals surface area contributed by atoms with Crippen LogP contribution in [0.1, 0.15) is 24.6 Å². The van der Waals surface area contributed by atoms with Crippen molar-refractivity contribution in [2.75, 3.05) is 32.9 Å². The molecule has 0 aromatic carbocycles. The molecule has 8 heteroatoms. The van der Waals surface area contributed by atoms with E-state index in [4.69, 9.17) is 0 Å². The second kappa shape index (κ2) is 7.85. The van der Waals surface area contributed by atoms with Gasteiger partial charge < -0.3 is 14.8 Å². The summed E-state index contributed by atoms with van der Waals surface area (Å²) in [6, 6.07) is 0.